The zero-order valence-electron chi connectivity index (χ0n) is 13.8. The summed E-state index contributed by atoms with van der Waals surface area (Å²) in [6.07, 6.45) is 1.31. The zero-order valence-corrected chi connectivity index (χ0v) is 16.2. The molecule has 2 aromatic rings. The fraction of sp³-hybridized carbons (Fsp3) is 0.188. The molecule has 0 amide bonds. The van der Waals surface area contributed by atoms with Crippen LogP contribution < -0.4 is 19.0 Å². The lowest BCUT2D eigenvalue weighted by Crippen LogP contribution is -2.18. The van der Waals surface area contributed by atoms with E-state index in [0.29, 0.717) is 22.8 Å². The van der Waals surface area contributed by atoms with Crippen LogP contribution in [0.1, 0.15) is 5.56 Å². The molecule has 0 unspecified atom stereocenters. The van der Waals surface area contributed by atoms with Crippen molar-refractivity contribution >= 4 is 32.2 Å². The molecule has 0 aliphatic heterocycles. The van der Waals surface area contributed by atoms with E-state index in [0.717, 1.165) is 4.47 Å². The summed E-state index contributed by atoms with van der Waals surface area (Å²) in [7, 11) is 0.715. The van der Waals surface area contributed by atoms with Gasteiger partial charge in [0.15, 0.2) is 0 Å². The number of hydrogen-bond donors (Lipinski definition) is 1. The van der Waals surface area contributed by atoms with Crippen molar-refractivity contribution in [1.29, 1.82) is 0 Å². The van der Waals surface area contributed by atoms with Gasteiger partial charge in [0.25, 0.3) is 10.0 Å². The van der Waals surface area contributed by atoms with Crippen LogP contribution >= 0.6 is 15.9 Å². The van der Waals surface area contributed by atoms with Gasteiger partial charge < -0.3 is 14.2 Å². The van der Waals surface area contributed by atoms with Gasteiger partial charge in [-0.3, -0.25) is 0 Å². The number of benzene rings is 2. The minimum Gasteiger partial charge on any atom is -0.496 e. The number of nitrogens with one attached hydrogen (secondary N) is 1. The van der Waals surface area contributed by atoms with E-state index in [2.05, 4.69) is 25.9 Å². The Kier molecular flexibility index (Phi) is 6.27. The van der Waals surface area contributed by atoms with Gasteiger partial charge in [0.2, 0.25) is 0 Å². The van der Waals surface area contributed by atoms with Gasteiger partial charge in [0, 0.05) is 16.6 Å². The van der Waals surface area contributed by atoms with Crippen LogP contribution in [0.3, 0.4) is 0 Å². The summed E-state index contributed by atoms with van der Waals surface area (Å²) in [4.78, 5) is 2.26. The molecule has 0 aromatic heterocycles. The molecule has 0 aliphatic carbocycles. The number of methoxy groups -OCH3 is 3. The highest BCUT2D eigenvalue weighted by Crippen LogP contribution is 2.32. The first kappa shape index (κ1) is 19.1. The van der Waals surface area contributed by atoms with Gasteiger partial charge >= 0.3 is 0 Å². The van der Waals surface area contributed by atoms with Crippen molar-refractivity contribution in [3.05, 3.63) is 46.4 Å². The molecule has 2 aromatic carbocycles. The Labute approximate surface area is 154 Å². The maximum atomic E-state index is 12.2. The van der Waals surface area contributed by atoms with Gasteiger partial charge in [-0.05, 0) is 24.3 Å². The van der Waals surface area contributed by atoms with E-state index < -0.39 is 10.0 Å². The molecule has 2 rings (SSSR count). The van der Waals surface area contributed by atoms with Gasteiger partial charge in [-0.25, -0.2) is 4.83 Å². The second kappa shape index (κ2) is 8.21. The third-order valence-corrected chi connectivity index (χ3v) is 5.01. The molecule has 0 saturated heterocycles. The van der Waals surface area contributed by atoms with Crippen LogP contribution in [0.5, 0.6) is 17.2 Å². The topological polar surface area (TPSA) is 86.2 Å². The van der Waals surface area contributed by atoms with Crippen LogP contribution in [0.15, 0.2) is 50.9 Å². The monoisotopic (exact) mass is 428 g/mol. The number of nitrogens with zero attached hydrogens (tertiary/aromatic N) is 1. The summed E-state index contributed by atoms with van der Waals surface area (Å²) in [5.74, 6) is 1.41. The van der Waals surface area contributed by atoms with Gasteiger partial charge in [0.05, 0.1) is 38.0 Å². The predicted molar refractivity (Wildman–Crippen MR) is 98.2 cm³/mol. The molecule has 134 valence electrons. The van der Waals surface area contributed by atoms with Gasteiger partial charge in [-0.1, -0.05) is 15.9 Å². The summed E-state index contributed by atoms with van der Waals surface area (Å²) < 4.78 is 40.9. The summed E-state index contributed by atoms with van der Waals surface area (Å²) in [6.45, 7) is 0. The Morgan fingerprint density at radius 2 is 1.56 bits per heavy atom. The normalized spacial score (nSPS) is 11.4. The van der Waals surface area contributed by atoms with E-state index in [-0.39, 0.29) is 4.90 Å². The molecule has 7 nitrogen and oxygen atoms in total. The maximum absolute atomic E-state index is 12.2. The van der Waals surface area contributed by atoms with Crippen LogP contribution in [0.4, 0.5) is 0 Å². The summed E-state index contributed by atoms with van der Waals surface area (Å²) in [5.41, 5.74) is 0.476. The second-order valence-electron chi connectivity index (χ2n) is 4.75. The second-order valence-corrected chi connectivity index (χ2v) is 7.33. The Hall–Kier alpha value is -2.26. The quantitative estimate of drug-likeness (QED) is 0.541. The SMILES string of the molecule is COc1cc(OC)c(C=NNS(=O)(=O)c2ccc(Br)cc2)c(OC)c1. The largest absolute Gasteiger partial charge is 0.496 e. The molecule has 9 heteroatoms. The molecule has 0 bridgehead atoms. The fourth-order valence-electron chi connectivity index (χ4n) is 1.99. The van der Waals surface area contributed by atoms with E-state index in [1.54, 1.807) is 24.3 Å². The molecular formula is C16H17BrN2O5S. The van der Waals surface area contributed by atoms with E-state index in [4.69, 9.17) is 14.2 Å². The van der Waals surface area contributed by atoms with E-state index in [1.165, 1.54) is 39.7 Å². The number of sulfonamides is 1. The van der Waals surface area contributed by atoms with E-state index in [1.807, 2.05) is 0 Å². The average Bonchev–Trinajstić information content (AvgIpc) is 2.61. The Morgan fingerprint density at radius 3 is 2.04 bits per heavy atom. The maximum Gasteiger partial charge on any atom is 0.276 e. The first-order valence-corrected chi connectivity index (χ1v) is 9.29. The number of halogens is 1. The average molecular weight is 429 g/mol. The van der Waals surface area contributed by atoms with E-state index >= 15 is 0 Å². The van der Waals surface area contributed by atoms with Crippen LogP contribution in [-0.4, -0.2) is 36.0 Å². The van der Waals surface area contributed by atoms with Crippen LogP contribution in [0.2, 0.25) is 0 Å². The summed E-state index contributed by atoms with van der Waals surface area (Å²) in [6, 6.07) is 9.49. The van der Waals surface area contributed by atoms with Crippen molar-refractivity contribution in [1.82, 2.24) is 4.83 Å². The summed E-state index contributed by atoms with van der Waals surface area (Å²) in [5, 5.41) is 3.81. The smallest absolute Gasteiger partial charge is 0.276 e. The van der Waals surface area contributed by atoms with Crippen LogP contribution in [0, 0.1) is 0 Å². The van der Waals surface area contributed by atoms with Gasteiger partial charge in [0.1, 0.15) is 17.2 Å². The molecule has 1 N–H and O–H groups in total. The van der Waals surface area contributed by atoms with Crippen molar-refractivity contribution in [2.24, 2.45) is 5.10 Å². The lowest BCUT2D eigenvalue weighted by molar-refractivity contribution is 0.374. The highest BCUT2D eigenvalue weighted by molar-refractivity contribution is 9.10. The van der Waals surface area contributed by atoms with Crippen molar-refractivity contribution in [3.8, 4) is 17.2 Å². The number of ether oxygens (including phenoxy) is 3. The molecule has 0 spiro atoms. The zero-order chi connectivity index (χ0) is 18.4. The molecule has 0 aliphatic rings. The third-order valence-electron chi connectivity index (χ3n) is 3.24. The number of hydrazone groups is 1. The minimum absolute atomic E-state index is 0.0986. The van der Waals surface area contributed by atoms with Gasteiger partial charge in [-0.15, -0.1) is 0 Å². The first-order valence-electron chi connectivity index (χ1n) is 7.01. The third kappa shape index (κ3) is 4.64. The van der Waals surface area contributed by atoms with Crippen molar-refractivity contribution in [2.45, 2.75) is 4.90 Å². The molecule has 0 heterocycles. The van der Waals surface area contributed by atoms with Crippen molar-refractivity contribution in [3.63, 3.8) is 0 Å². The number of hydrogen-bond acceptors (Lipinski definition) is 6. The molecular weight excluding hydrogens is 412 g/mol. The van der Waals surface area contributed by atoms with Crippen LogP contribution in [0.25, 0.3) is 0 Å². The molecule has 0 fully saturated rings. The molecule has 0 atom stereocenters. The first-order chi connectivity index (χ1) is 11.9. The van der Waals surface area contributed by atoms with Crippen molar-refractivity contribution < 1.29 is 22.6 Å². The Bertz CT molecular complexity index is 842. The highest BCUT2D eigenvalue weighted by atomic mass is 79.9. The standard InChI is InChI=1S/C16H17BrN2O5S/c1-22-12-8-15(23-2)14(16(9-12)24-3)10-18-19-25(20,21)13-6-4-11(17)5-7-13/h4-10,19H,1-3H3. The predicted octanol–water partition coefficient (Wildman–Crippen LogP) is 2.79. The van der Waals surface area contributed by atoms with Crippen molar-refractivity contribution in [2.75, 3.05) is 21.3 Å². The number of rotatable bonds is 7. The Balaban J connectivity index is 2.28. The van der Waals surface area contributed by atoms with Gasteiger partial charge in [-0.2, -0.15) is 13.5 Å². The molecule has 0 radical (unpaired) electrons. The highest BCUT2D eigenvalue weighted by Gasteiger charge is 2.14. The Morgan fingerprint density at radius 1 is 1.00 bits per heavy atom. The fourth-order valence-corrected chi connectivity index (χ4v) is 3.04. The van der Waals surface area contributed by atoms with E-state index in [9.17, 15) is 8.42 Å². The summed E-state index contributed by atoms with van der Waals surface area (Å²) >= 11 is 3.26. The molecule has 0 saturated carbocycles. The lowest BCUT2D eigenvalue weighted by atomic mass is 10.2. The lowest BCUT2D eigenvalue weighted by Gasteiger charge is -2.12. The van der Waals surface area contributed by atoms with Crippen LogP contribution in [-0.2, 0) is 10.0 Å². The molecule has 25 heavy (non-hydrogen) atoms. The minimum atomic E-state index is -3.77.